The van der Waals surface area contributed by atoms with Crippen molar-refractivity contribution in [2.75, 3.05) is 13.1 Å². The highest BCUT2D eigenvalue weighted by Crippen LogP contribution is 2.26. The van der Waals surface area contributed by atoms with Gasteiger partial charge in [-0.05, 0) is 10.9 Å². The first-order chi connectivity index (χ1) is 6.95. The lowest BCUT2D eigenvalue weighted by molar-refractivity contribution is 0.450. The van der Waals surface area contributed by atoms with Crippen LogP contribution in [0.3, 0.4) is 0 Å². The normalized spacial score (nSPS) is 16.9. The van der Waals surface area contributed by atoms with Gasteiger partial charge in [-0.3, -0.25) is 4.98 Å². The molecular formula is C12H12N2. The van der Waals surface area contributed by atoms with Gasteiger partial charge in [-0.1, -0.05) is 24.3 Å². The number of nitrogens with zero attached hydrogens (tertiary/aromatic N) is 1. The number of benzene rings is 1. The number of hydrogen-bond acceptors (Lipinski definition) is 2. The van der Waals surface area contributed by atoms with Crippen molar-refractivity contribution in [1.29, 1.82) is 0 Å². The number of hydrogen-bond donors (Lipinski definition) is 1. The van der Waals surface area contributed by atoms with Crippen molar-refractivity contribution in [1.82, 2.24) is 10.3 Å². The van der Waals surface area contributed by atoms with E-state index in [-0.39, 0.29) is 0 Å². The summed E-state index contributed by atoms with van der Waals surface area (Å²) < 4.78 is 0. The van der Waals surface area contributed by atoms with E-state index in [4.69, 9.17) is 0 Å². The van der Waals surface area contributed by atoms with Gasteiger partial charge in [-0.25, -0.2) is 0 Å². The van der Waals surface area contributed by atoms with Gasteiger partial charge in [-0.15, -0.1) is 0 Å². The van der Waals surface area contributed by atoms with Crippen molar-refractivity contribution >= 4 is 10.8 Å². The van der Waals surface area contributed by atoms with Gasteiger partial charge in [0.1, 0.15) is 0 Å². The number of nitrogens with one attached hydrogen (secondary N) is 1. The average molecular weight is 184 g/mol. The van der Waals surface area contributed by atoms with E-state index in [0.29, 0.717) is 5.92 Å². The van der Waals surface area contributed by atoms with Gasteiger partial charge in [0.25, 0.3) is 0 Å². The van der Waals surface area contributed by atoms with Gasteiger partial charge in [0.2, 0.25) is 0 Å². The zero-order valence-electron chi connectivity index (χ0n) is 7.90. The molecule has 2 heteroatoms. The molecule has 1 aliphatic heterocycles. The summed E-state index contributed by atoms with van der Waals surface area (Å²) in [4.78, 5) is 4.29. The van der Waals surface area contributed by atoms with E-state index >= 15 is 0 Å². The first-order valence-electron chi connectivity index (χ1n) is 4.98. The van der Waals surface area contributed by atoms with E-state index in [1.54, 1.807) is 0 Å². The number of rotatable bonds is 1. The summed E-state index contributed by atoms with van der Waals surface area (Å²) in [5, 5.41) is 5.90. The Labute approximate surface area is 83.0 Å². The van der Waals surface area contributed by atoms with Crippen LogP contribution in [0.15, 0.2) is 36.7 Å². The van der Waals surface area contributed by atoms with Gasteiger partial charge >= 0.3 is 0 Å². The molecule has 1 aromatic heterocycles. The highest BCUT2D eigenvalue weighted by Gasteiger charge is 2.20. The molecule has 0 atom stereocenters. The molecule has 2 nitrogen and oxygen atoms in total. The minimum absolute atomic E-state index is 0.661. The van der Waals surface area contributed by atoms with Gasteiger partial charge in [0, 0.05) is 36.8 Å². The molecule has 0 amide bonds. The lowest BCUT2D eigenvalue weighted by Crippen LogP contribution is -2.40. The first-order valence-corrected chi connectivity index (χ1v) is 4.98. The maximum Gasteiger partial charge on any atom is 0.0346 e. The van der Waals surface area contributed by atoms with Gasteiger partial charge in [0.05, 0.1) is 0 Å². The van der Waals surface area contributed by atoms with Crippen LogP contribution in [0.4, 0.5) is 0 Å². The Kier molecular flexibility index (Phi) is 1.74. The second-order valence-electron chi connectivity index (χ2n) is 3.81. The molecule has 2 aromatic rings. The Balaban J connectivity index is 2.22. The van der Waals surface area contributed by atoms with Gasteiger partial charge in [-0.2, -0.15) is 0 Å². The van der Waals surface area contributed by atoms with Crippen LogP contribution >= 0.6 is 0 Å². The summed E-state index contributed by atoms with van der Waals surface area (Å²) in [6.07, 6.45) is 3.94. The van der Waals surface area contributed by atoms with Crippen molar-refractivity contribution < 1.29 is 0 Å². The monoisotopic (exact) mass is 184 g/mol. The van der Waals surface area contributed by atoms with Gasteiger partial charge in [0.15, 0.2) is 0 Å². The SMILES string of the molecule is c1ccc2c(C3CNC3)cncc2c1. The highest BCUT2D eigenvalue weighted by molar-refractivity contribution is 5.85. The van der Waals surface area contributed by atoms with Crippen LogP contribution in [0.25, 0.3) is 10.8 Å². The summed E-state index contributed by atoms with van der Waals surface area (Å²) in [6, 6.07) is 8.47. The molecule has 1 N–H and O–H groups in total. The van der Waals surface area contributed by atoms with Crippen LogP contribution in [-0.4, -0.2) is 18.1 Å². The van der Waals surface area contributed by atoms with Crippen molar-refractivity contribution in [2.45, 2.75) is 5.92 Å². The van der Waals surface area contributed by atoms with Gasteiger partial charge < -0.3 is 5.32 Å². The Morgan fingerprint density at radius 1 is 1.14 bits per heavy atom. The van der Waals surface area contributed by atoms with E-state index < -0.39 is 0 Å². The predicted octanol–water partition coefficient (Wildman–Crippen LogP) is 1.92. The van der Waals surface area contributed by atoms with Crippen LogP contribution in [0.5, 0.6) is 0 Å². The van der Waals surface area contributed by atoms with Crippen LogP contribution < -0.4 is 5.32 Å². The van der Waals surface area contributed by atoms with E-state index in [1.807, 2.05) is 12.4 Å². The zero-order chi connectivity index (χ0) is 9.38. The fourth-order valence-corrected chi connectivity index (χ4v) is 1.97. The summed E-state index contributed by atoms with van der Waals surface area (Å²) in [7, 11) is 0. The highest BCUT2D eigenvalue weighted by atomic mass is 14.9. The Morgan fingerprint density at radius 2 is 2.00 bits per heavy atom. The molecule has 2 heterocycles. The first kappa shape index (κ1) is 7.94. The van der Waals surface area contributed by atoms with Crippen molar-refractivity contribution in [3.63, 3.8) is 0 Å². The molecule has 1 fully saturated rings. The maximum atomic E-state index is 4.29. The van der Waals surface area contributed by atoms with Crippen molar-refractivity contribution in [3.8, 4) is 0 Å². The van der Waals surface area contributed by atoms with Crippen LogP contribution in [0, 0.1) is 0 Å². The molecule has 0 aliphatic carbocycles. The van der Waals surface area contributed by atoms with Crippen molar-refractivity contribution in [3.05, 3.63) is 42.2 Å². The Bertz CT molecular complexity index is 455. The molecule has 14 heavy (non-hydrogen) atoms. The summed E-state index contributed by atoms with van der Waals surface area (Å²) in [5.74, 6) is 0.661. The number of pyridine rings is 1. The molecule has 0 saturated carbocycles. The van der Waals surface area contributed by atoms with Crippen molar-refractivity contribution in [2.24, 2.45) is 0 Å². The Hall–Kier alpha value is -1.41. The molecular weight excluding hydrogens is 172 g/mol. The molecule has 0 bridgehead atoms. The third-order valence-corrected chi connectivity index (χ3v) is 2.92. The second kappa shape index (κ2) is 3.07. The molecule has 0 spiro atoms. The van der Waals surface area contributed by atoms with E-state index in [1.165, 1.54) is 16.3 Å². The lowest BCUT2D eigenvalue weighted by Gasteiger charge is -2.28. The molecule has 1 aromatic carbocycles. The zero-order valence-corrected chi connectivity index (χ0v) is 7.90. The number of aromatic nitrogens is 1. The largest absolute Gasteiger partial charge is 0.315 e. The minimum Gasteiger partial charge on any atom is -0.315 e. The summed E-state index contributed by atoms with van der Waals surface area (Å²) >= 11 is 0. The third kappa shape index (κ3) is 1.11. The van der Waals surface area contributed by atoms with E-state index in [9.17, 15) is 0 Å². The molecule has 70 valence electrons. The third-order valence-electron chi connectivity index (χ3n) is 2.92. The standard InChI is InChI=1S/C12H12N2/c1-2-4-11-9(3-1)5-14-8-12(11)10-6-13-7-10/h1-5,8,10,13H,6-7H2. The predicted molar refractivity (Wildman–Crippen MR) is 57.4 cm³/mol. The smallest absolute Gasteiger partial charge is 0.0346 e. The fourth-order valence-electron chi connectivity index (χ4n) is 1.97. The molecule has 3 rings (SSSR count). The molecule has 0 unspecified atom stereocenters. The number of fused-ring (bicyclic) bond motifs is 1. The topological polar surface area (TPSA) is 24.9 Å². The molecule has 1 aliphatic rings. The van der Waals surface area contributed by atoms with Crippen LogP contribution in [0.1, 0.15) is 11.5 Å². The maximum absolute atomic E-state index is 4.29. The van der Waals surface area contributed by atoms with E-state index in [0.717, 1.165) is 13.1 Å². The summed E-state index contributed by atoms with van der Waals surface area (Å²) in [5.41, 5.74) is 1.39. The van der Waals surface area contributed by atoms with Crippen LogP contribution in [0.2, 0.25) is 0 Å². The lowest BCUT2D eigenvalue weighted by atomic mass is 9.91. The van der Waals surface area contributed by atoms with E-state index in [2.05, 4.69) is 34.6 Å². The summed E-state index contributed by atoms with van der Waals surface area (Å²) in [6.45, 7) is 2.19. The van der Waals surface area contributed by atoms with Crippen LogP contribution in [-0.2, 0) is 0 Å². The molecule has 0 radical (unpaired) electrons. The quantitative estimate of drug-likeness (QED) is 0.732. The molecule has 1 saturated heterocycles. The minimum atomic E-state index is 0.661. The Morgan fingerprint density at radius 3 is 2.79 bits per heavy atom. The second-order valence-corrected chi connectivity index (χ2v) is 3.81. The fraction of sp³-hybridized carbons (Fsp3) is 0.250. The average Bonchev–Trinajstić information content (AvgIpc) is 2.16.